The quantitative estimate of drug-likeness (QED) is 0.863. The standard InChI is InChI=1S/C16H18N2O4/c1-11-7-14(8-15(19)17(11)2)22-13-3-5-18(9-13)16(20)12-4-6-21-10-12/h4,6-8,10,13H,3,5,9H2,1-2H3. The number of carbonyl (C=O) groups is 1. The highest BCUT2D eigenvalue weighted by Gasteiger charge is 2.28. The lowest BCUT2D eigenvalue weighted by atomic mass is 10.3. The first-order valence-corrected chi connectivity index (χ1v) is 7.20. The molecule has 0 aliphatic carbocycles. The molecule has 0 N–H and O–H groups in total. The summed E-state index contributed by atoms with van der Waals surface area (Å²) >= 11 is 0. The predicted molar refractivity (Wildman–Crippen MR) is 80.1 cm³/mol. The van der Waals surface area contributed by atoms with E-state index in [1.807, 2.05) is 13.0 Å². The van der Waals surface area contributed by atoms with E-state index in [1.165, 1.54) is 18.6 Å². The van der Waals surface area contributed by atoms with Gasteiger partial charge in [0.25, 0.3) is 11.5 Å². The van der Waals surface area contributed by atoms with Crippen LogP contribution in [0.15, 0.2) is 39.9 Å². The van der Waals surface area contributed by atoms with Gasteiger partial charge >= 0.3 is 0 Å². The third-order valence-electron chi connectivity index (χ3n) is 3.98. The summed E-state index contributed by atoms with van der Waals surface area (Å²) in [6, 6.07) is 4.97. The maximum Gasteiger partial charge on any atom is 0.257 e. The van der Waals surface area contributed by atoms with E-state index in [-0.39, 0.29) is 17.6 Å². The Bertz CT molecular complexity index is 733. The van der Waals surface area contributed by atoms with Crippen molar-refractivity contribution in [2.75, 3.05) is 13.1 Å². The van der Waals surface area contributed by atoms with Crippen LogP contribution in [0.4, 0.5) is 0 Å². The fraction of sp³-hybridized carbons (Fsp3) is 0.375. The van der Waals surface area contributed by atoms with Gasteiger partial charge in [0.15, 0.2) is 0 Å². The van der Waals surface area contributed by atoms with Crippen LogP contribution in [0.2, 0.25) is 0 Å². The molecule has 2 aromatic rings. The Morgan fingerprint density at radius 2 is 2.23 bits per heavy atom. The minimum atomic E-state index is -0.0978. The smallest absolute Gasteiger partial charge is 0.257 e. The van der Waals surface area contributed by atoms with Gasteiger partial charge in [-0.15, -0.1) is 0 Å². The summed E-state index contributed by atoms with van der Waals surface area (Å²) in [5.74, 6) is 0.503. The van der Waals surface area contributed by atoms with Gasteiger partial charge in [-0.25, -0.2) is 0 Å². The number of likely N-dealkylation sites (tertiary alicyclic amines) is 1. The summed E-state index contributed by atoms with van der Waals surface area (Å²) in [4.78, 5) is 25.7. The summed E-state index contributed by atoms with van der Waals surface area (Å²) in [5.41, 5.74) is 1.29. The third kappa shape index (κ3) is 2.77. The highest BCUT2D eigenvalue weighted by molar-refractivity contribution is 5.94. The molecule has 1 amide bonds. The molecule has 6 nitrogen and oxygen atoms in total. The zero-order chi connectivity index (χ0) is 15.7. The Kier molecular flexibility index (Phi) is 3.75. The topological polar surface area (TPSA) is 64.7 Å². The number of carbonyl (C=O) groups excluding carboxylic acids is 1. The number of amides is 1. The lowest BCUT2D eigenvalue weighted by molar-refractivity contribution is 0.0771. The van der Waals surface area contributed by atoms with E-state index in [9.17, 15) is 9.59 Å². The second kappa shape index (κ2) is 5.71. The molecule has 0 aromatic carbocycles. The molecule has 1 aliphatic rings. The Hall–Kier alpha value is -2.50. The van der Waals surface area contributed by atoms with Crippen molar-refractivity contribution in [3.8, 4) is 5.75 Å². The van der Waals surface area contributed by atoms with Crippen molar-refractivity contribution in [3.63, 3.8) is 0 Å². The molecule has 1 saturated heterocycles. The van der Waals surface area contributed by atoms with Crippen LogP contribution in [-0.4, -0.2) is 34.6 Å². The summed E-state index contributed by atoms with van der Waals surface area (Å²) in [6.45, 7) is 3.01. The van der Waals surface area contributed by atoms with E-state index in [2.05, 4.69) is 0 Å². The highest BCUT2D eigenvalue weighted by atomic mass is 16.5. The first kappa shape index (κ1) is 14.4. The SMILES string of the molecule is Cc1cc(OC2CCN(C(=O)c3ccoc3)C2)cc(=O)n1C. The van der Waals surface area contributed by atoms with Crippen LogP contribution in [0.25, 0.3) is 0 Å². The zero-order valence-corrected chi connectivity index (χ0v) is 12.6. The fourth-order valence-corrected chi connectivity index (χ4v) is 2.57. The number of hydrogen-bond acceptors (Lipinski definition) is 4. The van der Waals surface area contributed by atoms with E-state index in [0.717, 1.165) is 12.1 Å². The van der Waals surface area contributed by atoms with Crippen molar-refractivity contribution in [3.05, 3.63) is 52.3 Å². The minimum Gasteiger partial charge on any atom is -0.488 e. The van der Waals surface area contributed by atoms with Gasteiger partial charge in [0.1, 0.15) is 18.1 Å². The second-order valence-corrected chi connectivity index (χ2v) is 5.52. The average Bonchev–Trinajstić information content (AvgIpc) is 3.15. The van der Waals surface area contributed by atoms with Crippen LogP contribution < -0.4 is 10.3 Å². The van der Waals surface area contributed by atoms with Crippen molar-refractivity contribution in [2.45, 2.75) is 19.4 Å². The van der Waals surface area contributed by atoms with Crippen LogP contribution in [0.1, 0.15) is 22.5 Å². The molecule has 0 bridgehead atoms. The number of aromatic nitrogens is 1. The number of rotatable bonds is 3. The number of furan rings is 1. The second-order valence-electron chi connectivity index (χ2n) is 5.52. The molecule has 3 heterocycles. The third-order valence-corrected chi connectivity index (χ3v) is 3.98. The molecule has 22 heavy (non-hydrogen) atoms. The van der Waals surface area contributed by atoms with Gasteiger partial charge in [0, 0.05) is 31.8 Å². The van der Waals surface area contributed by atoms with Gasteiger partial charge in [-0.3, -0.25) is 9.59 Å². The lowest BCUT2D eigenvalue weighted by Crippen LogP contribution is -2.30. The Morgan fingerprint density at radius 3 is 2.91 bits per heavy atom. The monoisotopic (exact) mass is 302 g/mol. The van der Waals surface area contributed by atoms with Crippen LogP contribution in [-0.2, 0) is 7.05 Å². The summed E-state index contributed by atoms with van der Waals surface area (Å²) < 4.78 is 12.4. The first-order valence-electron chi connectivity index (χ1n) is 7.20. The Balaban J connectivity index is 1.66. The molecule has 1 unspecified atom stereocenters. The van der Waals surface area contributed by atoms with Crippen LogP contribution >= 0.6 is 0 Å². The van der Waals surface area contributed by atoms with Crippen molar-refractivity contribution in [1.82, 2.24) is 9.47 Å². The maximum absolute atomic E-state index is 12.2. The van der Waals surface area contributed by atoms with Crippen molar-refractivity contribution in [2.24, 2.45) is 7.05 Å². The molecular weight excluding hydrogens is 284 g/mol. The Morgan fingerprint density at radius 1 is 1.41 bits per heavy atom. The molecule has 3 rings (SSSR count). The van der Waals surface area contributed by atoms with E-state index in [1.54, 1.807) is 22.6 Å². The van der Waals surface area contributed by atoms with E-state index in [4.69, 9.17) is 9.15 Å². The number of aryl methyl sites for hydroxylation is 1. The summed E-state index contributed by atoms with van der Waals surface area (Å²) in [6.07, 6.45) is 3.58. The zero-order valence-electron chi connectivity index (χ0n) is 12.6. The lowest BCUT2D eigenvalue weighted by Gasteiger charge is -2.17. The average molecular weight is 302 g/mol. The molecule has 1 fully saturated rings. The van der Waals surface area contributed by atoms with Crippen molar-refractivity contribution < 1.29 is 13.9 Å². The Labute approximate surface area is 127 Å². The summed E-state index contributed by atoms with van der Waals surface area (Å²) in [7, 11) is 1.72. The van der Waals surface area contributed by atoms with Crippen molar-refractivity contribution >= 4 is 5.91 Å². The molecule has 0 radical (unpaired) electrons. The maximum atomic E-state index is 12.2. The number of hydrogen-bond donors (Lipinski definition) is 0. The van der Waals surface area contributed by atoms with Gasteiger partial charge in [0.2, 0.25) is 0 Å². The van der Waals surface area contributed by atoms with E-state index < -0.39 is 0 Å². The van der Waals surface area contributed by atoms with Crippen LogP contribution in [0, 0.1) is 6.92 Å². The molecular formula is C16H18N2O4. The van der Waals surface area contributed by atoms with Crippen LogP contribution in [0.3, 0.4) is 0 Å². The highest BCUT2D eigenvalue weighted by Crippen LogP contribution is 2.19. The van der Waals surface area contributed by atoms with Gasteiger partial charge in [0.05, 0.1) is 18.4 Å². The predicted octanol–water partition coefficient (Wildman–Crippen LogP) is 1.58. The van der Waals surface area contributed by atoms with Gasteiger partial charge in [-0.05, 0) is 19.1 Å². The molecule has 0 saturated carbocycles. The summed E-state index contributed by atoms with van der Waals surface area (Å²) in [5, 5.41) is 0. The van der Waals surface area contributed by atoms with E-state index >= 15 is 0 Å². The molecule has 1 atom stereocenters. The molecule has 116 valence electrons. The number of pyridine rings is 1. The number of nitrogens with zero attached hydrogens (tertiary/aromatic N) is 2. The fourth-order valence-electron chi connectivity index (χ4n) is 2.57. The van der Waals surface area contributed by atoms with Gasteiger partial charge in [-0.2, -0.15) is 0 Å². The van der Waals surface area contributed by atoms with Crippen molar-refractivity contribution in [1.29, 1.82) is 0 Å². The minimum absolute atomic E-state index is 0.0555. The van der Waals surface area contributed by atoms with Gasteiger partial charge in [-0.1, -0.05) is 0 Å². The molecule has 0 spiro atoms. The molecule has 2 aromatic heterocycles. The first-order chi connectivity index (χ1) is 10.5. The van der Waals surface area contributed by atoms with E-state index in [0.29, 0.717) is 24.4 Å². The van der Waals surface area contributed by atoms with Gasteiger partial charge < -0.3 is 18.6 Å². The number of ether oxygens (including phenoxy) is 1. The largest absolute Gasteiger partial charge is 0.488 e. The van der Waals surface area contributed by atoms with Crippen LogP contribution in [0.5, 0.6) is 5.75 Å². The molecule has 6 heteroatoms. The normalized spacial score (nSPS) is 17.7. The molecule has 1 aliphatic heterocycles.